The predicted octanol–water partition coefficient (Wildman–Crippen LogP) is 2.44. The number of carbonyl (C=O) groups excluding carboxylic acids is 1. The van der Waals surface area contributed by atoms with Crippen LogP contribution in [0.25, 0.3) is 11.1 Å². The zero-order valence-corrected chi connectivity index (χ0v) is 17.8. The summed E-state index contributed by atoms with van der Waals surface area (Å²) in [5.41, 5.74) is 4.92. The van der Waals surface area contributed by atoms with Crippen LogP contribution in [0.5, 0.6) is 0 Å². The van der Waals surface area contributed by atoms with E-state index in [1.807, 2.05) is 12.4 Å². The van der Waals surface area contributed by atoms with Crippen molar-refractivity contribution in [2.45, 2.75) is 38.8 Å². The number of benzene rings is 1. The van der Waals surface area contributed by atoms with Crippen LogP contribution in [0.3, 0.4) is 0 Å². The number of carbonyl (C=O) groups is 1. The Kier molecular flexibility index (Phi) is 5.52. The van der Waals surface area contributed by atoms with Crippen LogP contribution in [-0.4, -0.2) is 75.9 Å². The van der Waals surface area contributed by atoms with E-state index in [1.165, 1.54) is 24.0 Å². The van der Waals surface area contributed by atoms with E-state index in [9.17, 15) is 4.79 Å². The number of hydrogen-bond acceptors (Lipinski definition) is 5. The summed E-state index contributed by atoms with van der Waals surface area (Å²) in [6.07, 6.45) is 9.03. The SMILES string of the molecule is CC(C1CC1)N1CCN(C(=O)CN2CCc3cc(-c4cncnc4)ccc3C2)CC1. The minimum atomic E-state index is 0.287. The Morgan fingerprint density at radius 3 is 2.53 bits per heavy atom. The number of nitrogens with zero attached hydrogens (tertiary/aromatic N) is 5. The molecule has 1 saturated heterocycles. The molecule has 1 atom stereocenters. The maximum Gasteiger partial charge on any atom is 0.236 e. The summed E-state index contributed by atoms with van der Waals surface area (Å²) in [6, 6.07) is 7.29. The highest BCUT2D eigenvalue weighted by atomic mass is 16.2. The van der Waals surface area contributed by atoms with Gasteiger partial charge in [0.1, 0.15) is 6.33 Å². The molecule has 1 aliphatic carbocycles. The molecular weight excluding hydrogens is 374 g/mol. The van der Waals surface area contributed by atoms with Gasteiger partial charge in [-0.25, -0.2) is 9.97 Å². The fourth-order valence-corrected chi connectivity index (χ4v) is 4.92. The Morgan fingerprint density at radius 2 is 1.80 bits per heavy atom. The Hall–Kier alpha value is -2.31. The average Bonchev–Trinajstić information content (AvgIpc) is 3.64. The Morgan fingerprint density at radius 1 is 1.03 bits per heavy atom. The molecule has 0 spiro atoms. The van der Waals surface area contributed by atoms with Gasteiger partial charge in [0.2, 0.25) is 5.91 Å². The summed E-state index contributed by atoms with van der Waals surface area (Å²) < 4.78 is 0. The first-order valence-electron chi connectivity index (χ1n) is 11.3. The van der Waals surface area contributed by atoms with Gasteiger partial charge in [0, 0.05) is 63.3 Å². The van der Waals surface area contributed by atoms with Gasteiger partial charge in [-0.15, -0.1) is 0 Å². The van der Waals surface area contributed by atoms with Gasteiger partial charge < -0.3 is 4.90 Å². The first-order chi connectivity index (χ1) is 14.7. The molecule has 1 unspecified atom stereocenters. The van der Waals surface area contributed by atoms with E-state index in [4.69, 9.17) is 0 Å². The molecule has 3 aliphatic rings. The van der Waals surface area contributed by atoms with Crippen molar-refractivity contribution in [1.82, 2.24) is 24.7 Å². The maximum absolute atomic E-state index is 12.9. The third kappa shape index (κ3) is 4.25. The van der Waals surface area contributed by atoms with Gasteiger partial charge >= 0.3 is 0 Å². The molecule has 2 aromatic rings. The zero-order valence-electron chi connectivity index (χ0n) is 17.8. The van der Waals surface area contributed by atoms with Gasteiger partial charge in [0.05, 0.1) is 6.54 Å². The third-order valence-electron chi connectivity index (χ3n) is 7.10. The number of fused-ring (bicyclic) bond motifs is 1. The van der Waals surface area contributed by atoms with E-state index in [1.54, 1.807) is 6.33 Å². The fourth-order valence-electron chi connectivity index (χ4n) is 4.92. The number of rotatable bonds is 5. The van der Waals surface area contributed by atoms with E-state index in [-0.39, 0.29) is 5.91 Å². The second kappa shape index (κ2) is 8.44. The van der Waals surface area contributed by atoms with Crippen LogP contribution in [-0.2, 0) is 17.8 Å². The summed E-state index contributed by atoms with van der Waals surface area (Å²) in [6.45, 7) is 8.49. The highest BCUT2D eigenvalue weighted by Gasteiger charge is 2.34. The zero-order chi connectivity index (χ0) is 20.5. The van der Waals surface area contributed by atoms with Crippen LogP contribution < -0.4 is 0 Å². The molecule has 0 bridgehead atoms. The number of aromatic nitrogens is 2. The van der Waals surface area contributed by atoms with Gasteiger partial charge in [-0.2, -0.15) is 0 Å². The highest BCUT2D eigenvalue weighted by Crippen LogP contribution is 2.35. The number of amides is 1. The summed E-state index contributed by atoms with van der Waals surface area (Å²) >= 11 is 0. The summed E-state index contributed by atoms with van der Waals surface area (Å²) in [5, 5.41) is 0. The summed E-state index contributed by atoms with van der Waals surface area (Å²) in [5.74, 6) is 1.19. The molecule has 6 heteroatoms. The van der Waals surface area contributed by atoms with Crippen molar-refractivity contribution in [2.75, 3.05) is 39.3 Å². The summed E-state index contributed by atoms with van der Waals surface area (Å²) in [4.78, 5) is 28.1. The molecular formula is C24H31N5O. The van der Waals surface area contributed by atoms with Crippen molar-refractivity contribution < 1.29 is 4.79 Å². The Balaban J connectivity index is 1.15. The monoisotopic (exact) mass is 405 g/mol. The van der Waals surface area contributed by atoms with Crippen molar-refractivity contribution in [3.8, 4) is 11.1 Å². The topological polar surface area (TPSA) is 52.6 Å². The molecule has 6 nitrogen and oxygen atoms in total. The predicted molar refractivity (Wildman–Crippen MR) is 117 cm³/mol. The quantitative estimate of drug-likeness (QED) is 0.765. The Bertz CT molecular complexity index is 890. The molecule has 1 aromatic heterocycles. The molecule has 0 radical (unpaired) electrons. The first kappa shape index (κ1) is 19.6. The van der Waals surface area contributed by atoms with Crippen molar-refractivity contribution in [3.63, 3.8) is 0 Å². The first-order valence-corrected chi connectivity index (χ1v) is 11.3. The Labute approximate surface area is 178 Å². The lowest BCUT2D eigenvalue weighted by Crippen LogP contribution is -2.53. The van der Waals surface area contributed by atoms with Crippen LogP contribution in [0.4, 0.5) is 0 Å². The highest BCUT2D eigenvalue weighted by molar-refractivity contribution is 5.78. The van der Waals surface area contributed by atoms with E-state index in [0.29, 0.717) is 12.6 Å². The van der Waals surface area contributed by atoms with Crippen molar-refractivity contribution in [1.29, 1.82) is 0 Å². The smallest absolute Gasteiger partial charge is 0.236 e. The van der Waals surface area contributed by atoms with Crippen LogP contribution in [0, 0.1) is 5.92 Å². The lowest BCUT2D eigenvalue weighted by Gasteiger charge is -2.39. The lowest BCUT2D eigenvalue weighted by atomic mass is 9.95. The van der Waals surface area contributed by atoms with E-state index in [2.05, 4.69) is 49.8 Å². The summed E-state index contributed by atoms with van der Waals surface area (Å²) in [7, 11) is 0. The van der Waals surface area contributed by atoms with Gasteiger partial charge in [0.15, 0.2) is 0 Å². The number of piperazine rings is 1. The van der Waals surface area contributed by atoms with Crippen LogP contribution in [0.15, 0.2) is 36.9 Å². The second-order valence-corrected chi connectivity index (χ2v) is 9.07. The minimum absolute atomic E-state index is 0.287. The molecule has 1 aromatic carbocycles. The van der Waals surface area contributed by atoms with Gasteiger partial charge in [-0.1, -0.05) is 18.2 Å². The molecule has 30 heavy (non-hydrogen) atoms. The minimum Gasteiger partial charge on any atom is -0.339 e. The van der Waals surface area contributed by atoms with Crippen LogP contribution in [0.2, 0.25) is 0 Å². The van der Waals surface area contributed by atoms with Gasteiger partial charge in [0.25, 0.3) is 0 Å². The maximum atomic E-state index is 12.9. The standard InChI is InChI=1S/C24H31N5O/c1-18(19-2-3-19)28-8-10-29(11-9-28)24(30)16-27-7-6-21-12-20(4-5-22(21)15-27)23-13-25-17-26-14-23/h4-5,12-14,17-19H,2-3,6-11,15-16H2,1H3. The largest absolute Gasteiger partial charge is 0.339 e. The van der Waals surface area contributed by atoms with Crippen LogP contribution in [0.1, 0.15) is 30.9 Å². The molecule has 2 aliphatic heterocycles. The molecule has 1 amide bonds. The van der Waals surface area contributed by atoms with Crippen molar-refractivity contribution >= 4 is 5.91 Å². The van der Waals surface area contributed by atoms with E-state index < -0.39 is 0 Å². The van der Waals surface area contributed by atoms with E-state index in [0.717, 1.165) is 62.7 Å². The third-order valence-corrected chi connectivity index (χ3v) is 7.10. The van der Waals surface area contributed by atoms with E-state index >= 15 is 0 Å². The molecule has 2 fully saturated rings. The molecule has 158 valence electrons. The number of hydrogen-bond donors (Lipinski definition) is 0. The normalized spacial score (nSPS) is 21.3. The fraction of sp³-hybridized carbons (Fsp3) is 0.542. The molecule has 3 heterocycles. The van der Waals surface area contributed by atoms with Crippen molar-refractivity contribution in [2.24, 2.45) is 5.92 Å². The van der Waals surface area contributed by atoms with Gasteiger partial charge in [-0.05, 0) is 48.8 Å². The molecule has 1 saturated carbocycles. The van der Waals surface area contributed by atoms with Crippen molar-refractivity contribution in [3.05, 3.63) is 48.0 Å². The molecule has 5 rings (SSSR count). The average molecular weight is 406 g/mol. The van der Waals surface area contributed by atoms with Gasteiger partial charge in [-0.3, -0.25) is 14.6 Å². The molecule has 0 N–H and O–H groups in total. The lowest BCUT2D eigenvalue weighted by molar-refractivity contribution is -0.134. The van der Waals surface area contributed by atoms with Crippen LogP contribution >= 0.6 is 0 Å². The second-order valence-electron chi connectivity index (χ2n) is 9.07.